The lowest BCUT2D eigenvalue weighted by atomic mass is 9.77. The number of fused-ring (bicyclic) bond motifs is 1. The number of hydrogen-bond acceptors (Lipinski definition) is 3. The van der Waals surface area contributed by atoms with E-state index in [1.807, 2.05) is 0 Å². The normalized spacial score (nSPS) is 37.4. The summed E-state index contributed by atoms with van der Waals surface area (Å²) in [6.45, 7) is 6.61. The van der Waals surface area contributed by atoms with Gasteiger partial charge in [0, 0.05) is 38.4 Å². The fraction of sp³-hybridized carbons (Fsp3) is 1.00. The molecular weight excluding hydrogens is 248 g/mol. The third-order valence-corrected chi connectivity index (χ3v) is 5.89. The third-order valence-electron chi connectivity index (χ3n) is 5.89. The quantitative estimate of drug-likeness (QED) is 0.831. The number of rotatable bonds is 4. The van der Waals surface area contributed by atoms with Gasteiger partial charge in [-0.3, -0.25) is 0 Å². The van der Waals surface area contributed by atoms with E-state index in [-0.39, 0.29) is 0 Å². The number of hydrogen-bond donors (Lipinski definition) is 2. The van der Waals surface area contributed by atoms with Crippen molar-refractivity contribution in [2.75, 3.05) is 26.3 Å². The van der Waals surface area contributed by atoms with E-state index in [0.717, 1.165) is 38.3 Å². The monoisotopic (exact) mass is 280 g/mol. The Morgan fingerprint density at radius 1 is 1.10 bits per heavy atom. The van der Waals surface area contributed by atoms with Crippen molar-refractivity contribution in [3.05, 3.63) is 0 Å². The Balaban J connectivity index is 1.38. The second kappa shape index (κ2) is 6.76. The largest absolute Gasteiger partial charge is 0.381 e. The van der Waals surface area contributed by atoms with E-state index in [0.29, 0.717) is 11.5 Å². The smallest absolute Gasteiger partial charge is 0.0471 e. The molecule has 2 heterocycles. The fourth-order valence-corrected chi connectivity index (χ4v) is 4.32. The predicted octanol–water partition coefficient (Wildman–Crippen LogP) is 2.70. The van der Waals surface area contributed by atoms with Gasteiger partial charge < -0.3 is 15.4 Å². The average molecular weight is 280 g/mol. The van der Waals surface area contributed by atoms with Crippen LogP contribution in [0.3, 0.4) is 0 Å². The molecule has 2 aliphatic heterocycles. The minimum absolute atomic E-state index is 0.459. The lowest BCUT2D eigenvalue weighted by molar-refractivity contribution is 0.0236. The lowest BCUT2D eigenvalue weighted by Gasteiger charge is -2.41. The number of nitrogens with one attached hydrogen (secondary N) is 2. The Labute approximate surface area is 124 Å². The van der Waals surface area contributed by atoms with Gasteiger partial charge in [-0.1, -0.05) is 19.8 Å². The van der Waals surface area contributed by atoms with Crippen LogP contribution in [0.5, 0.6) is 0 Å². The van der Waals surface area contributed by atoms with Gasteiger partial charge >= 0.3 is 0 Å². The summed E-state index contributed by atoms with van der Waals surface area (Å²) in [7, 11) is 0. The zero-order chi connectivity index (χ0) is 13.8. The molecule has 3 atom stereocenters. The molecule has 3 nitrogen and oxygen atoms in total. The minimum atomic E-state index is 0.459. The van der Waals surface area contributed by atoms with Crippen molar-refractivity contribution in [1.82, 2.24) is 10.6 Å². The summed E-state index contributed by atoms with van der Waals surface area (Å²) in [6.07, 6.45) is 11.0. The van der Waals surface area contributed by atoms with Crippen LogP contribution in [0.25, 0.3) is 0 Å². The molecule has 0 aromatic carbocycles. The topological polar surface area (TPSA) is 33.3 Å². The summed E-state index contributed by atoms with van der Waals surface area (Å²) in [5.41, 5.74) is 0.459. The van der Waals surface area contributed by atoms with Crippen molar-refractivity contribution >= 4 is 0 Å². The van der Waals surface area contributed by atoms with Gasteiger partial charge in [-0.05, 0) is 49.9 Å². The molecule has 2 saturated heterocycles. The summed E-state index contributed by atoms with van der Waals surface area (Å²) in [5, 5.41) is 7.66. The average Bonchev–Trinajstić information content (AvgIpc) is 2.48. The van der Waals surface area contributed by atoms with Gasteiger partial charge in [-0.25, -0.2) is 0 Å². The minimum Gasteiger partial charge on any atom is -0.381 e. The molecular formula is C17H32N2O. The second-order valence-electron chi connectivity index (χ2n) is 7.65. The first-order valence-corrected chi connectivity index (χ1v) is 8.80. The van der Waals surface area contributed by atoms with E-state index in [2.05, 4.69) is 17.6 Å². The van der Waals surface area contributed by atoms with Crippen molar-refractivity contribution in [2.45, 2.75) is 70.4 Å². The maximum atomic E-state index is 5.48. The molecule has 3 heteroatoms. The van der Waals surface area contributed by atoms with Crippen LogP contribution in [0.15, 0.2) is 0 Å². The van der Waals surface area contributed by atoms with Crippen LogP contribution >= 0.6 is 0 Å². The maximum Gasteiger partial charge on any atom is 0.0471 e. The van der Waals surface area contributed by atoms with Gasteiger partial charge in [-0.15, -0.1) is 0 Å². The molecule has 0 bridgehead atoms. The number of ether oxygens (including phenoxy) is 1. The van der Waals surface area contributed by atoms with E-state index >= 15 is 0 Å². The summed E-state index contributed by atoms with van der Waals surface area (Å²) >= 11 is 0. The highest BCUT2D eigenvalue weighted by molar-refractivity contribution is 4.90. The van der Waals surface area contributed by atoms with Crippen LogP contribution < -0.4 is 10.6 Å². The van der Waals surface area contributed by atoms with E-state index in [9.17, 15) is 0 Å². The van der Waals surface area contributed by atoms with Crippen LogP contribution in [0.1, 0.15) is 58.3 Å². The zero-order valence-electron chi connectivity index (χ0n) is 13.1. The molecule has 0 aromatic heterocycles. The third kappa shape index (κ3) is 3.75. The van der Waals surface area contributed by atoms with E-state index < -0.39 is 0 Å². The summed E-state index contributed by atoms with van der Waals surface area (Å²) < 4.78 is 5.48. The molecule has 3 aliphatic rings. The Morgan fingerprint density at radius 2 is 1.90 bits per heavy atom. The lowest BCUT2D eigenvalue weighted by Crippen LogP contribution is -2.53. The summed E-state index contributed by atoms with van der Waals surface area (Å²) in [6, 6.07) is 1.53. The van der Waals surface area contributed by atoms with Crippen molar-refractivity contribution < 1.29 is 4.74 Å². The van der Waals surface area contributed by atoms with E-state index in [1.165, 1.54) is 51.4 Å². The highest BCUT2D eigenvalue weighted by Crippen LogP contribution is 2.32. The van der Waals surface area contributed by atoms with Gasteiger partial charge in [0.2, 0.25) is 0 Å². The molecule has 0 radical (unpaired) electrons. The summed E-state index contributed by atoms with van der Waals surface area (Å²) in [5.74, 6) is 0.980. The van der Waals surface area contributed by atoms with Crippen molar-refractivity contribution in [1.29, 1.82) is 0 Å². The number of piperidine rings is 1. The second-order valence-corrected chi connectivity index (χ2v) is 7.65. The first kappa shape index (κ1) is 14.8. The first-order valence-electron chi connectivity index (χ1n) is 8.80. The van der Waals surface area contributed by atoms with Gasteiger partial charge in [0.25, 0.3) is 0 Å². The fourth-order valence-electron chi connectivity index (χ4n) is 4.32. The Morgan fingerprint density at radius 3 is 2.75 bits per heavy atom. The molecule has 3 rings (SSSR count). The molecule has 2 N–H and O–H groups in total. The molecule has 1 aliphatic carbocycles. The highest BCUT2D eigenvalue weighted by Gasteiger charge is 2.32. The molecule has 116 valence electrons. The van der Waals surface area contributed by atoms with Gasteiger partial charge in [0.15, 0.2) is 0 Å². The SMILES string of the molecule is CC1(CNCC2CCC3CCCCC3N2)CCOCC1. The molecule has 0 spiro atoms. The highest BCUT2D eigenvalue weighted by atomic mass is 16.5. The van der Waals surface area contributed by atoms with Crippen LogP contribution in [-0.2, 0) is 4.74 Å². The molecule has 20 heavy (non-hydrogen) atoms. The van der Waals surface area contributed by atoms with Gasteiger partial charge in [0.1, 0.15) is 0 Å². The molecule has 3 fully saturated rings. The maximum absolute atomic E-state index is 5.48. The molecule has 0 amide bonds. The van der Waals surface area contributed by atoms with Crippen LogP contribution in [0.2, 0.25) is 0 Å². The van der Waals surface area contributed by atoms with E-state index in [4.69, 9.17) is 4.74 Å². The Bertz CT molecular complexity index is 301. The molecule has 3 unspecified atom stereocenters. The van der Waals surface area contributed by atoms with Gasteiger partial charge in [0.05, 0.1) is 0 Å². The standard InChI is InChI=1S/C17H32N2O/c1-17(8-10-20-11-9-17)13-18-12-15-7-6-14-4-2-3-5-16(14)19-15/h14-16,18-19H,2-13H2,1H3. The van der Waals surface area contributed by atoms with E-state index in [1.54, 1.807) is 0 Å². The van der Waals surface area contributed by atoms with Crippen LogP contribution in [0, 0.1) is 11.3 Å². The molecule has 0 aromatic rings. The summed E-state index contributed by atoms with van der Waals surface area (Å²) in [4.78, 5) is 0. The zero-order valence-corrected chi connectivity index (χ0v) is 13.1. The van der Waals surface area contributed by atoms with Crippen LogP contribution in [0.4, 0.5) is 0 Å². The first-order chi connectivity index (χ1) is 9.75. The van der Waals surface area contributed by atoms with Crippen molar-refractivity contribution in [3.8, 4) is 0 Å². The van der Waals surface area contributed by atoms with Crippen LogP contribution in [-0.4, -0.2) is 38.4 Å². The van der Waals surface area contributed by atoms with Gasteiger partial charge in [-0.2, -0.15) is 0 Å². The molecule has 1 saturated carbocycles. The predicted molar refractivity (Wildman–Crippen MR) is 82.9 cm³/mol. The Kier molecular flexibility index (Phi) is 5.00. The Hall–Kier alpha value is -0.120. The van der Waals surface area contributed by atoms with Crippen molar-refractivity contribution in [3.63, 3.8) is 0 Å². The van der Waals surface area contributed by atoms with Crippen molar-refractivity contribution in [2.24, 2.45) is 11.3 Å².